The minimum absolute atomic E-state index is 0.0717. The van der Waals surface area contributed by atoms with Gasteiger partial charge >= 0.3 is 0 Å². The first-order valence-electron chi connectivity index (χ1n) is 5.46. The zero-order chi connectivity index (χ0) is 13.2. The van der Waals surface area contributed by atoms with E-state index in [0.29, 0.717) is 5.82 Å². The summed E-state index contributed by atoms with van der Waals surface area (Å²) in [4.78, 5) is 3.97. The second kappa shape index (κ2) is 5.01. The van der Waals surface area contributed by atoms with Crippen LogP contribution < -0.4 is 5.73 Å². The Labute approximate surface area is 103 Å². The number of hydrogen-bond donors (Lipinski definition) is 1. The zero-order valence-electron chi connectivity index (χ0n) is 10.6. The van der Waals surface area contributed by atoms with Gasteiger partial charge in [-0.3, -0.25) is 0 Å². The van der Waals surface area contributed by atoms with Crippen molar-refractivity contribution in [2.45, 2.75) is 31.7 Å². The molecule has 0 spiro atoms. The minimum atomic E-state index is -3.48. The molecule has 96 valence electrons. The Hall–Kier alpha value is -1.14. The number of rotatable bonds is 4. The van der Waals surface area contributed by atoms with E-state index in [4.69, 9.17) is 5.73 Å². The Kier molecular flexibility index (Phi) is 4.11. The Bertz CT molecular complexity index is 468. The van der Waals surface area contributed by atoms with E-state index in [0.717, 1.165) is 0 Å². The monoisotopic (exact) mass is 257 g/mol. The first kappa shape index (κ1) is 13.9. The molecule has 0 aliphatic rings. The predicted octanol–water partition coefficient (Wildman–Crippen LogP) is 1.33. The van der Waals surface area contributed by atoms with E-state index < -0.39 is 10.0 Å². The van der Waals surface area contributed by atoms with Crippen LogP contribution in [-0.2, 0) is 10.0 Å². The summed E-state index contributed by atoms with van der Waals surface area (Å²) in [5.74, 6) is 0.556. The van der Waals surface area contributed by atoms with E-state index in [1.807, 2.05) is 20.8 Å². The third kappa shape index (κ3) is 2.95. The molecule has 1 rings (SSSR count). The molecule has 0 saturated heterocycles. The predicted molar refractivity (Wildman–Crippen MR) is 67.9 cm³/mol. The van der Waals surface area contributed by atoms with Crippen molar-refractivity contribution in [3.05, 3.63) is 18.3 Å². The number of anilines is 1. The highest BCUT2D eigenvalue weighted by molar-refractivity contribution is 7.89. The van der Waals surface area contributed by atoms with E-state index in [1.165, 1.54) is 22.6 Å². The lowest BCUT2D eigenvalue weighted by Gasteiger charge is -2.27. The first-order chi connectivity index (χ1) is 7.76. The Balaban J connectivity index is 3.07. The van der Waals surface area contributed by atoms with Crippen LogP contribution in [0.3, 0.4) is 0 Å². The van der Waals surface area contributed by atoms with Crippen molar-refractivity contribution in [3.8, 4) is 0 Å². The average molecular weight is 257 g/mol. The summed E-state index contributed by atoms with van der Waals surface area (Å²) in [5, 5.41) is 0. The molecule has 1 aromatic rings. The van der Waals surface area contributed by atoms with E-state index in [9.17, 15) is 8.42 Å². The molecule has 1 atom stereocenters. The third-order valence-electron chi connectivity index (χ3n) is 2.97. The molecule has 0 fully saturated rings. The maximum Gasteiger partial charge on any atom is 0.244 e. The van der Waals surface area contributed by atoms with Crippen LogP contribution in [0.2, 0.25) is 0 Å². The Morgan fingerprint density at radius 1 is 1.29 bits per heavy atom. The van der Waals surface area contributed by atoms with Crippen LogP contribution in [0, 0.1) is 5.92 Å². The topological polar surface area (TPSA) is 76.3 Å². The van der Waals surface area contributed by atoms with E-state index in [2.05, 4.69) is 4.98 Å². The molecule has 6 heteroatoms. The molecule has 1 aromatic heterocycles. The highest BCUT2D eigenvalue weighted by Gasteiger charge is 2.27. The van der Waals surface area contributed by atoms with Crippen LogP contribution >= 0.6 is 0 Å². The van der Waals surface area contributed by atoms with Crippen LogP contribution in [0.15, 0.2) is 23.2 Å². The van der Waals surface area contributed by atoms with Gasteiger partial charge in [0, 0.05) is 19.3 Å². The summed E-state index contributed by atoms with van der Waals surface area (Å²) in [7, 11) is -1.91. The number of nitrogens with two attached hydrogens (primary N) is 1. The highest BCUT2D eigenvalue weighted by Crippen LogP contribution is 2.19. The van der Waals surface area contributed by atoms with Gasteiger partial charge in [0.1, 0.15) is 10.7 Å². The van der Waals surface area contributed by atoms with Gasteiger partial charge in [-0.15, -0.1) is 0 Å². The number of pyridine rings is 1. The summed E-state index contributed by atoms with van der Waals surface area (Å²) in [5.41, 5.74) is 5.43. The molecular weight excluding hydrogens is 238 g/mol. The molecule has 17 heavy (non-hydrogen) atoms. The summed E-state index contributed by atoms with van der Waals surface area (Å²) in [6.45, 7) is 5.85. The smallest absolute Gasteiger partial charge is 0.244 e. The summed E-state index contributed by atoms with van der Waals surface area (Å²) in [6, 6.07) is 2.89. The fourth-order valence-electron chi connectivity index (χ4n) is 1.35. The largest absolute Gasteiger partial charge is 0.384 e. The van der Waals surface area contributed by atoms with Crippen molar-refractivity contribution in [1.29, 1.82) is 0 Å². The molecule has 0 bridgehead atoms. The fraction of sp³-hybridized carbons (Fsp3) is 0.545. The van der Waals surface area contributed by atoms with Gasteiger partial charge in [-0.2, -0.15) is 4.31 Å². The normalized spacial score (nSPS) is 14.2. The lowest BCUT2D eigenvalue weighted by molar-refractivity contribution is 0.315. The number of nitrogen functional groups attached to an aromatic ring is 1. The molecule has 0 aliphatic carbocycles. The molecule has 1 unspecified atom stereocenters. The van der Waals surface area contributed by atoms with Gasteiger partial charge in [0.15, 0.2) is 0 Å². The van der Waals surface area contributed by atoms with Crippen LogP contribution in [0.1, 0.15) is 20.8 Å². The van der Waals surface area contributed by atoms with Gasteiger partial charge < -0.3 is 5.73 Å². The third-order valence-corrected chi connectivity index (χ3v) is 4.90. The lowest BCUT2D eigenvalue weighted by Crippen LogP contribution is -2.38. The minimum Gasteiger partial charge on any atom is -0.384 e. The summed E-state index contributed by atoms with van der Waals surface area (Å²) < 4.78 is 25.8. The molecule has 2 N–H and O–H groups in total. The molecule has 0 amide bonds. The number of aromatic nitrogens is 1. The molecule has 0 aliphatic heterocycles. The van der Waals surface area contributed by atoms with Gasteiger partial charge in [0.25, 0.3) is 0 Å². The van der Waals surface area contributed by atoms with Crippen molar-refractivity contribution >= 4 is 15.8 Å². The van der Waals surface area contributed by atoms with Crippen LogP contribution in [-0.4, -0.2) is 30.8 Å². The SMILES string of the molecule is CC(C)C(C)N(C)S(=O)(=O)c1ccc(N)nc1. The standard InChI is InChI=1S/C11H19N3O2S/c1-8(2)9(3)14(4)17(15,16)10-5-6-11(12)13-7-10/h5-9H,1-4H3,(H2,12,13). The summed E-state index contributed by atoms with van der Waals surface area (Å²) in [6.07, 6.45) is 1.29. The van der Waals surface area contributed by atoms with E-state index >= 15 is 0 Å². The molecule has 0 radical (unpaired) electrons. The molecular formula is C11H19N3O2S. The second-order valence-corrected chi connectivity index (χ2v) is 6.42. The molecule has 0 aromatic carbocycles. The number of sulfonamides is 1. The zero-order valence-corrected chi connectivity index (χ0v) is 11.4. The lowest BCUT2D eigenvalue weighted by atomic mass is 10.1. The average Bonchev–Trinajstić information content (AvgIpc) is 2.27. The van der Waals surface area contributed by atoms with Crippen molar-refractivity contribution in [1.82, 2.24) is 9.29 Å². The van der Waals surface area contributed by atoms with Gasteiger partial charge in [-0.1, -0.05) is 13.8 Å². The summed E-state index contributed by atoms with van der Waals surface area (Å²) >= 11 is 0. The van der Waals surface area contributed by atoms with Crippen molar-refractivity contribution in [3.63, 3.8) is 0 Å². The molecule has 5 nitrogen and oxygen atoms in total. The van der Waals surface area contributed by atoms with Gasteiger partial charge in [-0.05, 0) is 25.0 Å². The van der Waals surface area contributed by atoms with Crippen molar-refractivity contribution in [2.24, 2.45) is 5.92 Å². The Morgan fingerprint density at radius 2 is 1.88 bits per heavy atom. The van der Waals surface area contributed by atoms with E-state index in [1.54, 1.807) is 7.05 Å². The van der Waals surface area contributed by atoms with Crippen molar-refractivity contribution in [2.75, 3.05) is 12.8 Å². The quantitative estimate of drug-likeness (QED) is 0.882. The van der Waals surface area contributed by atoms with E-state index in [-0.39, 0.29) is 16.9 Å². The van der Waals surface area contributed by atoms with Crippen molar-refractivity contribution < 1.29 is 8.42 Å². The van der Waals surface area contributed by atoms with Crippen LogP contribution in [0.4, 0.5) is 5.82 Å². The number of nitrogens with zero attached hydrogens (tertiary/aromatic N) is 2. The fourth-order valence-corrected chi connectivity index (χ4v) is 2.79. The van der Waals surface area contributed by atoms with Crippen LogP contribution in [0.25, 0.3) is 0 Å². The molecule has 1 heterocycles. The molecule has 0 saturated carbocycles. The maximum atomic E-state index is 12.2. The van der Waals surface area contributed by atoms with Crippen LogP contribution in [0.5, 0.6) is 0 Å². The second-order valence-electron chi connectivity index (χ2n) is 4.42. The number of hydrogen-bond acceptors (Lipinski definition) is 4. The van der Waals surface area contributed by atoms with Gasteiger partial charge in [-0.25, -0.2) is 13.4 Å². The first-order valence-corrected chi connectivity index (χ1v) is 6.90. The van der Waals surface area contributed by atoms with Gasteiger partial charge in [0.2, 0.25) is 10.0 Å². The highest BCUT2D eigenvalue weighted by atomic mass is 32.2. The Morgan fingerprint density at radius 3 is 2.29 bits per heavy atom. The van der Waals surface area contributed by atoms with Gasteiger partial charge in [0.05, 0.1) is 0 Å². The maximum absolute atomic E-state index is 12.2.